The molecule has 0 spiro atoms. The fraction of sp³-hybridized carbons (Fsp3) is 0.588. The number of para-hydroxylation sites is 1. The number of amides is 1. The number of nitrogens with one attached hydrogen (secondary N) is 2. The summed E-state index contributed by atoms with van der Waals surface area (Å²) in [4.78, 5) is 16.7. The fourth-order valence-electron chi connectivity index (χ4n) is 2.97. The van der Waals surface area contributed by atoms with E-state index in [1.165, 1.54) is 5.69 Å². The Morgan fingerprint density at radius 3 is 2.33 bits per heavy atom. The number of nitrogens with zero attached hydrogens (tertiary/aromatic N) is 2. The summed E-state index contributed by atoms with van der Waals surface area (Å²) < 4.78 is 0. The minimum Gasteiger partial charge on any atom is -0.369 e. The quantitative estimate of drug-likeness (QED) is 0.789. The van der Waals surface area contributed by atoms with Crippen LogP contribution in [0.2, 0.25) is 0 Å². The molecule has 0 saturated carbocycles. The average Bonchev–Trinajstić information content (AvgIpc) is 2.53. The number of halogens is 2. The number of benzene rings is 1. The van der Waals surface area contributed by atoms with Crippen molar-refractivity contribution < 1.29 is 4.79 Å². The van der Waals surface area contributed by atoms with Crippen LogP contribution in [0.25, 0.3) is 0 Å². The molecular weight excluding hydrogens is 347 g/mol. The van der Waals surface area contributed by atoms with E-state index in [1.807, 2.05) is 0 Å². The maximum atomic E-state index is 11.8. The average molecular weight is 375 g/mol. The van der Waals surface area contributed by atoms with Gasteiger partial charge in [0.15, 0.2) is 0 Å². The number of piperazine rings is 1. The Morgan fingerprint density at radius 1 is 1.08 bits per heavy atom. The third-order valence-electron chi connectivity index (χ3n) is 4.60. The van der Waals surface area contributed by atoms with Crippen LogP contribution in [0.3, 0.4) is 0 Å². The molecule has 2 saturated heterocycles. The highest BCUT2D eigenvalue weighted by Gasteiger charge is 2.19. The number of anilines is 1. The van der Waals surface area contributed by atoms with Gasteiger partial charge in [0.05, 0.1) is 0 Å². The second-order valence-corrected chi connectivity index (χ2v) is 6.24. The van der Waals surface area contributed by atoms with Gasteiger partial charge in [-0.1, -0.05) is 18.2 Å². The lowest BCUT2D eigenvalue weighted by Crippen LogP contribution is -2.49. The summed E-state index contributed by atoms with van der Waals surface area (Å²) in [6, 6.07) is 10.6. The Morgan fingerprint density at radius 2 is 1.75 bits per heavy atom. The van der Waals surface area contributed by atoms with Crippen LogP contribution in [0.4, 0.5) is 5.69 Å². The van der Waals surface area contributed by atoms with Crippen molar-refractivity contribution in [2.24, 2.45) is 5.92 Å². The summed E-state index contributed by atoms with van der Waals surface area (Å²) in [5.74, 6) is 0.829. The highest BCUT2D eigenvalue weighted by atomic mass is 35.5. The van der Waals surface area contributed by atoms with Gasteiger partial charge in [0.25, 0.3) is 0 Å². The van der Waals surface area contributed by atoms with Crippen LogP contribution >= 0.6 is 24.8 Å². The minimum atomic E-state index is 0. The topological polar surface area (TPSA) is 47.6 Å². The third-order valence-corrected chi connectivity index (χ3v) is 4.60. The second kappa shape index (κ2) is 10.8. The maximum absolute atomic E-state index is 11.8. The summed E-state index contributed by atoms with van der Waals surface area (Å²) in [5, 5.41) is 6.26. The van der Waals surface area contributed by atoms with Gasteiger partial charge in [-0.3, -0.25) is 9.69 Å². The van der Waals surface area contributed by atoms with Crippen LogP contribution in [-0.4, -0.2) is 63.2 Å². The zero-order chi connectivity index (χ0) is 15.2. The molecule has 5 nitrogen and oxygen atoms in total. The van der Waals surface area contributed by atoms with Crippen LogP contribution < -0.4 is 15.5 Å². The van der Waals surface area contributed by atoms with Gasteiger partial charge in [-0.15, -0.1) is 24.8 Å². The van der Waals surface area contributed by atoms with Gasteiger partial charge in [-0.25, -0.2) is 0 Å². The van der Waals surface area contributed by atoms with Crippen LogP contribution in [0.5, 0.6) is 0 Å². The lowest BCUT2D eigenvalue weighted by Gasteiger charge is -2.36. The molecule has 0 unspecified atom stereocenters. The van der Waals surface area contributed by atoms with Gasteiger partial charge < -0.3 is 15.5 Å². The predicted molar refractivity (Wildman–Crippen MR) is 104 cm³/mol. The Bertz CT molecular complexity index is 477. The van der Waals surface area contributed by atoms with Crippen molar-refractivity contribution >= 4 is 36.4 Å². The molecule has 2 aliphatic heterocycles. The van der Waals surface area contributed by atoms with Crippen LogP contribution in [0.1, 0.15) is 6.42 Å². The van der Waals surface area contributed by atoms with Crippen molar-refractivity contribution in [3.05, 3.63) is 30.3 Å². The first-order chi connectivity index (χ1) is 10.8. The van der Waals surface area contributed by atoms with Gasteiger partial charge >= 0.3 is 0 Å². The molecule has 2 fully saturated rings. The number of carbonyl (C=O) groups excluding carboxylic acids is 1. The Kier molecular flexibility index (Phi) is 9.44. The third kappa shape index (κ3) is 6.13. The van der Waals surface area contributed by atoms with E-state index >= 15 is 0 Å². The van der Waals surface area contributed by atoms with Gasteiger partial charge in [-0.05, 0) is 12.1 Å². The summed E-state index contributed by atoms with van der Waals surface area (Å²) >= 11 is 0. The number of hydrogen-bond donors (Lipinski definition) is 2. The highest BCUT2D eigenvalue weighted by molar-refractivity contribution is 5.85. The van der Waals surface area contributed by atoms with Gasteiger partial charge in [-0.2, -0.15) is 0 Å². The molecule has 2 heterocycles. The molecule has 136 valence electrons. The van der Waals surface area contributed by atoms with Crippen molar-refractivity contribution in [1.29, 1.82) is 0 Å². The van der Waals surface area contributed by atoms with Crippen LogP contribution in [0.15, 0.2) is 30.3 Å². The summed E-state index contributed by atoms with van der Waals surface area (Å²) in [7, 11) is 0. The Balaban J connectivity index is 0.00000144. The lowest BCUT2D eigenvalue weighted by molar-refractivity contribution is -0.121. The van der Waals surface area contributed by atoms with Gasteiger partial charge in [0, 0.05) is 70.4 Å². The molecule has 0 atom stereocenters. The van der Waals surface area contributed by atoms with Gasteiger partial charge in [0.2, 0.25) is 5.91 Å². The molecule has 2 aliphatic rings. The first kappa shape index (κ1) is 21.0. The first-order valence-corrected chi connectivity index (χ1v) is 8.31. The Labute approximate surface area is 157 Å². The number of carbonyl (C=O) groups is 1. The normalized spacial score (nSPS) is 18.1. The molecule has 0 radical (unpaired) electrons. The summed E-state index contributed by atoms with van der Waals surface area (Å²) in [6.07, 6.45) is 0.617. The monoisotopic (exact) mass is 374 g/mol. The van der Waals surface area contributed by atoms with Gasteiger partial charge in [0.1, 0.15) is 0 Å². The molecule has 1 aromatic carbocycles. The highest BCUT2D eigenvalue weighted by Crippen LogP contribution is 2.15. The molecule has 0 aromatic heterocycles. The molecule has 1 aromatic rings. The second-order valence-electron chi connectivity index (χ2n) is 6.24. The molecule has 0 aliphatic carbocycles. The van der Waals surface area contributed by atoms with Crippen LogP contribution in [0, 0.1) is 5.92 Å². The molecule has 7 heteroatoms. The van der Waals surface area contributed by atoms with Crippen molar-refractivity contribution in [3.8, 4) is 0 Å². The molecular formula is C17H28Cl2N4O. The predicted octanol–water partition coefficient (Wildman–Crippen LogP) is 1.38. The van der Waals surface area contributed by atoms with E-state index in [9.17, 15) is 4.79 Å². The van der Waals surface area contributed by atoms with E-state index in [0.717, 1.165) is 52.4 Å². The largest absolute Gasteiger partial charge is 0.369 e. The first-order valence-electron chi connectivity index (χ1n) is 8.31. The van der Waals surface area contributed by atoms with Crippen molar-refractivity contribution in [3.63, 3.8) is 0 Å². The molecule has 2 N–H and O–H groups in total. The van der Waals surface area contributed by atoms with E-state index in [1.54, 1.807) is 0 Å². The zero-order valence-electron chi connectivity index (χ0n) is 13.9. The zero-order valence-corrected chi connectivity index (χ0v) is 15.6. The van der Waals surface area contributed by atoms with E-state index in [2.05, 4.69) is 50.8 Å². The minimum absolute atomic E-state index is 0. The number of rotatable bonds is 6. The van der Waals surface area contributed by atoms with Crippen LogP contribution in [-0.2, 0) is 4.79 Å². The summed E-state index contributed by atoms with van der Waals surface area (Å²) in [6.45, 7) is 7.94. The van der Waals surface area contributed by atoms with E-state index < -0.39 is 0 Å². The van der Waals surface area contributed by atoms with Crippen molar-refractivity contribution in [2.45, 2.75) is 6.42 Å². The number of hydrogen-bond acceptors (Lipinski definition) is 4. The SMILES string of the molecule is Cl.Cl.O=C(CCN1CCN(c2ccccc2)CC1)NCC1CNC1. The Hall–Kier alpha value is -1.01. The lowest BCUT2D eigenvalue weighted by atomic mass is 10.0. The standard InChI is InChI=1S/C17H26N4O.2ClH/c22-17(19-14-15-12-18-13-15)6-7-20-8-10-21(11-9-20)16-4-2-1-3-5-16;;/h1-5,15,18H,6-14H2,(H,19,22);2*1H. The fourth-order valence-corrected chi connectivity index (χ4v) is 2.97. The summed E-state index contributed by atoms with van der Waals surface area (Å²) in [5.41, 5.74) is 1.30. The maximum Gasteiger partial charge on any atom is 0.221 e. The molecule has 3 rings (SSSR count). The van der Waals surface area contributed by atoms with E-state index in [4.69, 9.17) is 0 Å². The van der Waals surface area contributed by atoms with E-state index in [-0.39, 0.29) is 30.7 Å². The molecule has 1 amide bonds. The molecule has 24 heavy (non-hydrogen) atoms. The molecule has 0 bridgehead atoms. The van der Waals surface area contributed by atoms with E-state index in [0.29, 0.717) is 12.3 Å². The van der Waals surface area contributed by atoms with Crippen molar-refractivity contribution in [2.75, 3.05) is 57.3 Å². The van der Waals surface area contributed by atoms with Crippen molar-refractivity contribution in [1.82, 2.24) is 15.5 Å². The smallest absolute Gasteiger partial charge is 0.221 e.